The standard InChI is InChI=1S/C29H32N4O3S/c1-21-8-10-23(11-9-21)20-32-15-17-33(18-16-32)29(34)25-12-13-26(22(2)19-25)31-37(35,36)27-7-3-5-24-6-4-14-30-28(24)27/h3,5,7-14,19,31H,4,6,15-18,20H2,1-2H3. The van der Waals surface area contributed by atoms with Gasteiger partial charge in [0.25, 0.3) is 15.9 Å². The number of amides is 1. The Balaban J connectivity index is 1.24. The van der Waals surface area contributed by atoms with E-state index in [4.69, 9.17) is 0 Å². The predicted octanol–water partition coefficient (Wildman–Crippen LogP) is 4.71. The van der Waals surface area contributed by atoms with Crippen LogP contribution in [0.25, 0.3) is 0 Å². The molecule has 1 amide bonds. The van der Waals surface area contributed by atoms with Crippen molar-refractivity contribution in [1.82, 2.24) is 9.80 Å². The van der Waals surface area contributed by atoms with Crippen LogP contribution in [0, 0.1) is 13.8 Å². The molecule has 2 aliphatic rings. The molecule has 0 bridgehead atoms. The molecule has 3 aromatic rings. The summed E-state index contributed by atoms with van der Waals surface area (Å²) in [4.78, 5) is 21.9. The molecule has 1 N–H and O–H groups in total. The van der Waals surface area contributed by atoms with Gasteiger partial charge in [0, 0.05) is 44.5 Å². The summed E-state index contributed by atoms with van der Waals surface area (Å²) in [5, 5.41) is 0. The first kappa shape index (κ1) is 25.2. The lowest BCUT2D eigenvalue weighted by Gasteiger charge is -2.35. The fourth-order valence-electron chi connectivity index (χ4n) is 4.86. The van der Waals surface area contributed by atoms with Gasteiger partial charge in [-0.2, -0.15) is 0 Å². The Labute approximate surface area is 218 Å². The highest BCUT2D eigenvalue weighted by molar-refractivity contribution is 7.92. The predicted molar refractivity (Wildman–Crippen MR) is 147 cm³/mol. The minimum Gasteiger partial charge on any atom is -0.336 e. The number of carbonyl (C=O) groups excluding carboxylic acids is 1. The average Bonchev–Trinajstić information content (AvgIpc) is 2.91. The first-order chi connectivity index (χ1) is 17.8. The van der Waals surface area contributed by atoms with E-state index in [9.17, 15) is 13.2 Å². The molecule has 2 heterocycles. The van der Waals surface area contributed by atoms with Crippen LogP contribution in [0.1, 0.15) is 39.0 Å². The number of hydrogen-bond acceptors (Lipinski definition) is 5. The van der Waals surface area contributed by atoms with E-state index in [0.29, 0.717) is 35.6 Å². The summed E-state index contributed by atoms with van der Waals surface area (Å²) in [5.74, 6) is -0.0287. The minimum atomic E-state index is -3.83. The van der Waals surface area contributed by atoms with Crippen molar-refractivity contribution in [3.8, 4) is 0 Å². The number of para-hydroxylation sites is 1. The Bertz CT molecular complexity index is 1440. The molecule has 0 spiro atoms. The summed E-state index contributed by atoms with van der Waals surface area (Å²) in [7, 11) is -3.83. The van der Waals surface area contributed by atoms with Crippen molar-refractivity contribution in [3.05, 3.63) is 88.5 Å². The Morgan fingerprint density at radius 3 is 2.46 bits per heavy atom. The van der Waals surface area contributed by atoms with Gasteiger partial charge in [0.1, 0.15) is 4.90 Å². The van der Waals surface area contributed by atoms with Gasteiger partial charge in [-0.05, 0) is 67.6 Å². The van der Waals surface area contributed by atoms with E-state index in [1.165, 1.54) is 11.1 Å². The highest BCUT2D eigenvalue weighted by atomic mass is 32.2. The van der Waals surface area contributed by atoms with Gasteiger partial charge in [0.2, 0.25) is 0 Å². The number of piperazine rings is 1. The van der Waals surface area contributed by atoms with Gasteiger partial charge in [-0.1, -0.05) is 42.0 Å². The minimum absolute atomic E-state index is 0.0287. The third-order valence-electron chi connectivity index (χ3n) is 7.04. The first-order valence-electron chi connectivity index (χ1n) is 12.7. The molecule has 0 radical (unpaired) electrons. The summed E-state index contributed by atoms with van der Waals surface area (Å²) >= 11 is 0. The van der Waals surface area contributed by atoms with Crippen LogP contribution in [0.3, 0.4) is 0 Å². The fraction of sp³-hybridized carbons (Fsp3) is 0.310. The first-order valence-corrected chi connectivity index (χ1v) is 14.1. The lowest BCUT2D eigenvalue weighted by molar-refractivity contribution is 0.0628. The third kappa shape index (κ3) is 5.60. The topological polar surface area (TPSA) is 82.1 Å². The Hall–Kier alpha value is -3.49. The number of hydrogen-bond donors (Lipinski definition) is 1. The second-order valence-electron chi connectivity index (χ2n) is 9.80. The molecule has 5 rings (SSSR count). The van der Waals surface area contributed by atoms with Crippen molar-refractivity contribution in [3.63, 3.8) is 0 Å². The Morgan fingerprint density at radius 1 is 0.973 bits per heavy atom. The van der Waals surface area contributed by atoms with Crippen LogP contribution in [0.15, 0.2) is 70.6 Å². The van der Waals surface area contributed by atoms with Crippen molar-refractivity contribution < 1.29 is 13.2 Å². The molecule has 37 heavy (non-hydrogen) atoms. The molecular formula is C29H32N4O3S. The zero-order chi connectivity index (χ0) is 26.0. The SMILES string of the molecule is Cc1ccc(CN2CCN(C(=O)c3ccc(NS(=O)(=O)c4cccc5c4N=CCC5)c(C)c3)CC2)cc1. The van der Waals surface area contributed by atoms with E-state index in [1.807, 2.05) is 17.9 Å². The lowest BCUT2D eigenvalue weighted by atomic mass is 10.1. The Kier molecular flexibility index (Phi) is 7.13. The number of nitrogens with one attached hydrogen (secondary N) is 1. The number of sulfonamides is 1. The molecule has 0 aliphatic carbocycles. The van der Waals surface area contributed by atoms with E-state index in [0.717, 1.165) is 38.0 Å². The van der Waals surface area contributed by atoms with Crippen LogP contribution in [0.2, 0.25) is 0 Å². The zero-order valence-corrected chi connectivity index (χ0v) is 22.1. The summed E-state index contributed by atoms with van der Waals surface area (Å²) < 4.78 is 29.1. The van der Waals surface area contributed by atoms with Gasteiger partial charge in [-0.15, -0.1) is 0 Å². The molecule has 7 nitrogen and oxygen atoms in total. The van der Waals surface area contributed by atoms with Crippen molar-refractivity contribution >= 4 is 33.5 Å². The third-order valence-corrected chi connectivity index (χ3v) is 8.44. The van der Waals surface area contributed by atoms with Crippen LogP contribution >= 0.6 is 0 Å². The van der Waals surface area contributed by atoms with E-state index in [-0.39, 0.29) is 10.8 Å². The van der Waals surface area contributed by atoms with E-state index < -0.39 is 10.0 Å². The van der Waals surface area contributed by atoms with E-state index in [1.54, 1.807) is 36.5 Å². The van der Waals surface area contributed by atoms with E-state index >= 15 is 0 Å². The number of carbonyl (C=O) groups is 1. The lowest BCUT2D eigenvalue weighted by Crippen LogP contribution is -2.48. The summed E-state index contributed by atoms with van der Waals surface area (Å²) in [6.07, 6.45) is 3.34. The van der Waals surface area contributed by atoms with Crippen molar-refractivity contribution in [2.75, 3.05) is 30.9 Å². The van der Waals surface area contributed by atoms with Gasteiger partial charge in [-0.3, -0.25) is 19.4 Å². The van der Waals surface area contributed by atoms with Crippen LogP contribution < -0.4 is 4.72 Å². The molecular weight excluding hydrogens is 484 g/mol. The zero-order valence-electron chi connectivity index (χ0n) is 21.3. The molecule has 0 saturated carbocycles. The van der Waals surface area contributed by atoms with Crippen molar-refractivity contribution in [2.45, 2.75) is 38.1 Å². The summed E-state index contributed by atoms with van der Waals surface area (Å²) in [6, 6.07) is 19.0. The molecule has 1 fully saturated rings. The highest BCUT2D eigenvalue weighted by Crippen LogP contribution is 2.33. The monoisotopic (exact) mass is 516 g/mol. The summed E-state index contributed by atoms with van der Waals surface area (Å²) in [6.45, 7) is 7.75. The number of fused-ring (bicyclic) bond motifs is 1. The van der Waals surface area contributed by atoms with Crippen LogP contribution in [0.4, 0.5) is 11.4 Å². The highest BCUT2D eigenvalue weighted by Gasteiger charge is 2.25. The maximum atomic E-state index is 13.2. The number of aryl methyl sites for hydroxylation is 3. The molecule has 2 aliphatic heterocycles. The average molecular weight is 517 g/mol. The maximum Gasteiger partial charge on any atom is 0.264 e. The molecule has 8 heteroatoms. The van der Waals surface area contributed by atoms with Crippen LogP contribution in [-0.4, -0.2) is 56.5 Å². The number of nitrogens with zero attached hydrogens (tertiary/aromatic N) is 3. The van der Waals surface area contributed by atoms with Crippen LogP contribution in [-0.2, 0) is 23.0 Å². The maximum absolute atomic E-state index is 13.2. The number of rotatable bonds is 6. The van der Waals surface area contributed by atoms with Gasteiger partial charge < -0.3 is 4.90 Å². The van der Waals surface area contributed by atoms with Gasteiger partial charge in [-0.25, -0.2) is 8.42 Å². The quantitative estimate of drug-likeness (QED) is 0.514. The molecule has 3 aromatic carbocycles. The van der Waals surface area contributed by atoms with E-state index in [2.05, 4.69) is 45.8 Å². The van der Waals surface area contributed by atoms with Gasteiger partial charge >= 0.3 is 0 Å². The second kappa shape index (κ2) is 10.5. The number of anilines is 1. The normalized spacial score (nSPS) is 15.9. The fourth-order valence-corrected chi connectivity index (χ4v) is 6.19. The summed E-state index contributed by atoms with van der Waals surface area (Å²) in [5.41, 5.74) is 5.68. The number of aliphatic imine (C=N–C) groups is 1. The molecule has 192 valence electrons. The molecule has 0 unspecified atom stereocenters. The Morgan fingerprint density at radius 2 is 1.73 bits per heavy atom. The molecule has 0 aromatic heterocycles. The van der Waals surface area contributed by atoms with Crippen molar-refractivity contribution in [1.29, 1.82) is 0 Å². The molecule has 1 saturated heterocycles. The molecule has 0 atom stereocenters. The largest absolute Gasteiger partial charge is 0.336 e. The van der Waals surface area contributed by atoms with Gasteiger partial charge in [0.15, 0.2) is 0 Å². The van der Waals surface area contributed by atoms with Gasteiger partial charge in [0.05, 0.1) is 11.4 Å². The second-order valence-corrected chi connectivity index (χ2v) is 11.5. The van der Waals surface area contributed by atoms with Crippen LogP contribution in [0.5, 0.6) is 0 Å². The van der Waals surface area contributed by atoms with Crippen molar-refractivity contribution in [2.24, 2.45) is 4.99 Å². The number of benzene rings is 3. The smallest absolute Gasteiger partial charge is 0.264 e.